The first-order chi connectivity index (χ1) is 9.70. The number of nitrogens with zero attached hydrogens (tertiary/aromatic N) is 1. The highest BCUT2D eigenvalue weighted by atomic mass is 16.6. The molecule has 0 amide bonds. The van der Waals surface area contributed by atoms with Gasteiger partial charge in [-0.05, 0) is 25.0 Å². The van der Waals surface area contributed by atoms with Crippen LogP contribution in [0.5, 0.6) is 5.75 Å². The molecule has 112 valence electrons. The van der Waals surface area contributed by atoms with Gasteiger partial charge in [0.25, 0.3) is 0 Å². The van der Waals surface area contributed by atoms with E-state index in [1.54, 1.807) is 18.2 Å². The number of nitro benzene ring substituents is 1. The minimum atomic E-state index is -0.376. The Balaban J connectivity index is 2.71. The number of benzene rings is 1. The van der Waals surface area contributed by atoms with E-state index in [2.05, 4.69) is 12.2 Å². The van der Waals surface area contributed by atoms with Crippen LogP contribution in [0.15, 0.2) is 18.2 Å². The minimum absolute atomic E-state index is 0.0384. The maximum atomic E-state index is 11.2. The van der Waals surface area contributed by atoms with Crippen LogP contribution >= 0.6 is 0 Å². The van der Waals surface area contributed by atoms with Crippen LogP contribution in [0.1, 0.15) is 46.0 Å². The molecule has 0 saturated carbocycles. The van der Waals surface area contributed by atoms with Crippen LogP contribution in [0.3, 0.4) is 0 Å². The Morgan fingerprint density at radius 2 is 2.00 bits per heavy atom. The molecular weight excluding hydrogens is 256 g/mol. The SMILES string of the molecule is CCCCCCNc1cccc(OCCC)c1[N+](=O)[O-]. The number of nitrogens with one attached hydrogen (secondary N) is 1. The van der Waals surface area contributed by atoms with Gasteiger partial charge in [-0.25, -0.2) is 0 Å². The lowest BCUT2D eigenvalue weighted by molar-refractivity contribution is -0.385. The fourth-order valence-electron chi connectivity index (χ4n) is 1.96. The van der Waals surface area contributed by atoms with Gasteiger partial charge in [0, 0.05) is 6.54 Å². The molecule has 0 saturated heterocycles. The lowest BCUT2D eigenvalue weighted by atomic mass is 10.2. The van der Waals surface area contributed by atoms with Crippen LogP contribution in [0.4, 0.5) is 11.4 Å². The first kappa shape index (κ1) is 16.3. The predicted octanol–water partition coefficient (Wildman–Crippen LogP) is 4.38. The Bertz CT molecular complexity index is 422. The lowest BCUT2D eigenvalue weighted by Gasteiger charge is -2.10. The molecule has 0 atom stereocenters. The summed E-state index contributed by atoms with van der Waals surface area (Å²) in [6.45, 7) is 5.37. The molecule has 1 rings (SSSR count). The molecule has 0 radical (unpaired) electrons. The van der Waals surface area contributed by atoms with Gasteiger partial charge in [0.1, 0.15) is 5.69 Å². The van der Waals surface area contributed by atoms with Crippen molar-refractivity contribution in [3.63, 3.8) is 0 Å². The van der Waals surface area contributed by atoms with Crippen LogP contribution < -0.4 is 10.1 Å². The standard InChI is InChI=1S/C15H24N2O3/c1-3-5-6-7-11-16-13-9-8-10-14(20-12-4-2)15(13)17(18)19/h8-10,16H,3-7,11-12H2,1-2H3. The minimum Gasteiger partial charge on any atom is -0.487 e. The first-order valence-electron chi connectivity index (χ1n) is 7.34. The van der Waals surface area contributed by atoms with Crippen molar-refractivity contribution in [3.8, 4) is 5.75 Å². The number of para-hydroxylation sites is 1. The van der Waals surface area contributed by atoms with Crippen molar-refractivity contribution in [2.75, 3.05) is 18.5 Å². The Morgan fingerprint density at radius 3 is 2.65 bits per heavy atom. The molecule has 0 bridgehead atoms. The number of anilines is 1. The largest absolute Gasteiger partial charge is 0.487 e. The van der Waals surface area contributed by atoms with Crippen LogP contribution in [-0.4, -0.2) is 18.1 Å². The number of rotatable bonds is 10. The van der Waals surface area contributed by atoms with Gasteiger partial charge in [0.05, 0.1) is 11.5 Å². The summed E-state index contributed by atoms with van der Waals surface area (Å²) >= 11 is 0. The average molecular weight is 280 g/mol. The van der Waals surface area contributed by atoms with E-state index in [-0.39, 0.29) is 10.6 Å². The lowest BCUT2D eigenvalue weighted by Crippen LogP contribution is -2.06. The molecule has 1 aromatic rings. The summed E-state index contributed by atoms with van der Waals surface area (Å²) in [6, 6.07) is 5.17. The normalized spacial score (nSPS) is 10.3. The number of unbranched alkanes of at least 4 members (excludes halogenated alkanes) is 3. The van der Waals surface area contributed by atoms with Gasteiger partial charge in [-0.15, -0.1) is 0 Å². The molecule has 0 heterocycles. The second kappa shape index (κ2) is 9.18. The van der Waals surface area contributed by atoms with Crippen molar-refractivity contribution in [2.24, 2.45) is 0 Å². The van der Waals surface area contributed by atoms with E-state index in [4.69, 9.17) is 4.74 Å². The van der Waals surface area contributed by atoms with Gasteiger partial charge in [-0.2, -0.15) is 0 Å². The number of nitro groups is 1. The zero-order valence-electron chi connectivity index (χ0n) is 12.4. The van der Waals surface area contributed by atoms with E-state index in [0.29, 0.717) is 18.0 Å². The molecule has 0 fully saturated rings. The quantitative estimate of drug-likeness (QED) is 0.392. The molecule has 0 aliphatic carbocycles. The second-order valence-electron chi connectivity index (χ2n) is 4.75. The Hall–Kier alpha value is -1.78. The second-order valence-corrected chi connectivity index (χ2v) is 4.75. The molecule has 5 heteroatoms. The fourth-order valence-corrected chi connectivity index (χ4v) is 1.96. The van der Waals surface area contributed by atoms with Gasteiger partial charge in [-0.1, -0.05) is 39.2 Å². The molecule has 1 N–H and O–H groups in total. The first-order valence-corrected chi connectivity index (χ1v) is 7.34. The van der Waals surface area contributed by atoms with E-state index in [1.165, 1.54) is 12.8 Å². The van der Waals surface area contributed by atoms with Crippen molar-refractivity contribution in [1.29, 1.82) is 0 Å². The molecule has 5 nitrogen and oxygen atoms in total. The summed E-state index contributed by atoms with van der Waals surface area (Å²) in [7, 11) is 0. The number of ether oxygens (including phenoxy) is 1. The van der Waals surface area contributed by atoms with Crippen LogP contribution in [-0.2, 0) is 0 Å². The van der Waals surface area contributed by atoms with Gasteiger partial charge < -0.3 is 10.1 Å². The van der Waals surface area contributed by atoms with Crippen molar-refractivity contribution in [3.05, 3.63) is 28.3 Å². The van der Waals surface area contributed by atoms with E-state index < -0.39 is 0 Å². The third kappa shape index (κ3) is 5.07. The molecule has 1 aromatic carbocycles. The third-order valence-corrected chi connectivity index (χ3v) is 2.99. The monoisotopic (exact) mass is 280 g/mol. The van der Waals surface area contributed by atoms with Crippen molar-refractivity contribution < 1.29 is 9.66 Å². The van der Waals surface area contributed by atoms with Gasteiger partial charge in [-0.3, -0.25) is 10.1 Å². The average Bonchev–Trinajstić information content (AvgIpc) is 2.44. The van der Waals surface area contributed by atoms with Crippen LogP contribution in [0, 0.1) is 10.1 Å². The summed E-state index contributed by atoms with van der Waals surface area (Å²) in [5.41, 5.74) is 0.580. The topological polar surface area (TPSA) is 64.4 Å². The highest BCUT2D eigenvalue weighted by molar-refractivity contribution is 5.68. The smallest absolute Gasteiger partial charge is 0.333 e. The zero-order valence-corrected chi connectivity index (χ0v) is 12.4. The molecule has 0 aliphatic rings. The van der Waals surface area contributed by atoms with E-state index in [9.17, 15) is 10.1 Å². The van der Waals surface area contributed by atoms with E-state index >= 15 is 0 Å². The van der Waals surface area contributed by atoms with Gasteiger partial charge in [0.2, 0.25) is 0 Å². The summed E-state index contributed by atoms with van der Waals surface area (Å²) in [6.07, 6.45) is 5.37. The Labute approximate surface area is 120 Å². The molecule has 0 spiro atoms. The maximum Gasteiger partial charge on any atom is 0.333 e. The van der Waals surface area contributed by atoms with Crippen molar-refractivity contribution in [2.45, 2.75) is 46.0 Å². The Morgan fingerprint density at radius 1 is 1.20 bits per heavy atom. The maximum absolute atomic E-state index is 11.2. The molecule has 0 aliphatic heterocycles. The van der Waals surface area contributed by atoms with E-state index in [0.717, 1.165) is 25.8 Å². The zero-order chi connectivity index (χ0) is 14.8. The summed E-state index contributed by atoms with van der Waals surface area (Å²) in [5, 5.41) is 14.4. The highest BCUT2D eigenvalue weighted by Gasteiger charge is 2.20. The van der Waals surface area contributed by atoms with Gasteiger partial charge >= 0.3 is 5.69 Å². The predicted molar refractivity (Wildman–Crippen MR) is 81.5 cm³/mol. The molecule has 20 heavy (non-hydrogen) atoms. The van der Waals surface area contributed by atoms with E-state index in [1.807, 2.05) is 6.92 Å². The highest BCUT2D eigenvalue weighted by Crippen LogP contribution is 2.34. The summed E-state index contributed by atoms with van der Waals surface area (Å²) in [4.78, 5) is 10.9. The fraction of sp³-hybridized carbons (Fsp3) is 0.600. The summed E-state index contributed by atoms with van der Waals surface area (Å²) < 4.78 is 5.45. The van der Waals surface area contributed by atoms with Gasteiger partial charge in [0.15, 0.2) is 5.75 Å². The third-order valence-electron chi connectivity index (χ3n) is 2.99. The molecule has 0 aromatic heterocycles. The number of hydrogen-bond acceptors (Lipinski definition) is 4. The van der Waals surface area contributed by atoms with Crippen molar-refractivity contribution in [1.82, 2.24) is 0 Å². The molecular formula is C15H24N2O3. The Kier molecular flexibility index (Phi) is 7.47. The summed E-state index contributed by atoms with van der Waals surface area (Å²) in [5.74, 6) is 0.343. The molecule has 0 unspecified atom stereocenters. The number of hydrogen-bond donors (Lipinski definition) is 1. The van der Waals surface area contributed by atoms with Crippen LogP contribution in [0.2, 0.25) is 0 Å². The van der Waals surface area contributed by atoms with Crippen LogP contribution in [0.25, 0.3) is 0 Å². The van der Waals surface area contributed by atoms with Crippen molar-refractivity contribution >= 4 is 11.4 Å².